The van der Waals surface area contributed by atoms with Gasteiger partial charge in [0.1, 0.15) is 11.3 Å². The van der Waals surface area contributed by atoms with Crippen molar-refractivity contribution >= 4 is 17.6 Å². The first-order valence-corrected chi connectivity index (χ1v) is 6.86. The van der Waals surface area contributed by atoms with Gasteiger partial charge in [-0.2, -0.15) is 0 Å². The van der Waals surface area contributed by atoms with Gasteiger partial charge in [0.25, 0.3) is 5.91 Å². The van der Waals surface area contributed by atoms with Crippen LogP contribution in [0.25, 0.3) is 0 Å². The minimum absolute atomic E-state index is 0.209. The normalized spacial score (nSPS) is 10.5. The number of carbonyl (C=O) groups excluding carboxylic acids is 1. The monoisotopic (exact) mass is 299 g/mol. The topological polar surface area (TPSA) is 86.6 Å². The van der Waals surface area contributed by atoms with Crippen LogP contribution in [0.5, 0.6) is 5.75 Å². The Hall–Kier alpha value is -2.82. The van der Waals surface area contributed by atoms with E-state index in [0.29, 0.717) is 17.2 Å². The van der Waals surface area contributed by atoms with E-state index in [1.165, 1.54) is 18.2 Å². The number of amides is 1. The summed E-state index contributed by atoms with van der Waals surface area (Å²) >= 11 is 0. The highest BCUT2D eigenvalue weighted by atomic mass is 16.4. The third-order valence-corrected chi connectivity index (χ3v) is 3.33. The summed E-state index contributed by atoms with van der Waals surface area (Å²) in [4.78, 5) is 22.9. The highest BCUT2D eigenvalue weighted by molar-refractivity contribution is 6.04. The van der Waals surface area contributed by atoms with E-state index in [1.807, 2.05) is 12.1 Å². The number of hydrogen-bond acceptors (Lipinski definition) is 3. The third kappa shape index (κ3) is 3.44. The first-order chi connectivity index (χ1) is 10.4. The van der Waals surface area contributed by atoms with Gasteiger partial charge in [-0.3, -0.25) is 4.79 Å². The van der Waals surface area contributed by atoms with E-state index in [0.717, 1.165) is 5.56 Å². The van der Waals surface area contributed by atoms with Gasteiger partial charge in [0.2, 0.25) is 0 Å². The number of aromatic carboxylic acids is 1. The molecule has 1 amide bonds. The molecule has 5 heteroatoms. The van der Waals surface area contributed by atoms with E-state index >= 15 is 0 Å². The van der Waals surface area contributed by atoms with Crippen LogP contribution >= 0.6 is 0 Å². The third-order valence-electron chi connectivity index (χ3n) is 3.33. The Morgan fingerprint density at radius 3 is 2.18 bits per heavy atom. The van der Waals surface area contributed by atoms with Crippen LogP contribution in [0.1, 0.15) is 46.0 Å². The lowest BCUT2D eigenvalue weighted by molar-refractivity contribution is 0.0693. The van der Waals surface area contributed by atoms with Crippen molar-refractivity contribution < 1.29 is 19.8 Å². The van der Waals surface area contributed by atoms with Gasteiger partial charge in [-0.15, -0.1) is 0 Å². The molecule has 114 valence electrons. The Bertz CT molecular complexity index is 705. The number of carboxylic acids is 1. The van der Waals surface area contributed by atoms with E-state index in [2.05, 4.69) is 19.2 Å². The van der Waals surface area contributed by atoms with Crippen LogP contribution < -0.4 is 5.32 Å². The number of phenols is 1. The fourth-order valence-electron chi connectivity index (χ4n) is 2.01. The molecule has 0 fully saturated rings. The molecule has 0 saturated carbocycles. The van der Waals surface area contributed by atoms with E-state index in [1.54, 1.807) is 12.1 Å². The van der Waals surface area contributed by atoms with Crippen LogP contribution in [0, 0.1) is 0 Å². The molecule has 0 heterocycles. The second-order valence-electron chi connectivity index (χ2n) is 5.27. The first kappa shape index (κ1) is 15.6. The lowest BCUT2D eigenvalue weighted by Gasteiger charge is -2.09. The molecule has 2 aromatic rings. The van der Waals surface area contributed by atoms with Crippen molar-refractivity contribution in [3.05, 3.63) is 59.2 Å². The summed E-state index contributed by atoms with van der Waals surface area (Å²) in [7, 11) is 0. The van der Waals surface area contributed by atoms with Crippen molar-refractivity contribution in [2.24, 2.45) is 0 Å². The van der Waals surface area contributed by atoms with Crippen molar-refractivity contribution in [1.82, 2.24) is 0 Å². The summed E-state index contributed by atoms with van der Waals surface area (Å²) < 4.78 is 0. The number of rotatable bonds is 4. The molecule has 0 spiro atoms. The standard InChI is InChI=1S/C17H17NO4/c1-10(2)11-3-5-12(6-4-11)16(20)18-13-7-8-14(17(21)22)15(19)9-13/h3-10,19H,1-2H3,(H,18,20)(H,21,22). The van der Waals surface area contributed by atoms with Crippen LogP contribution in [0.2, 0.25) is 0 Å². The van der Waals surface area contributed by atoms with Gasteiger partial charge in [-0.1, -0.05) is 26.0 Å². The Morgan fingerprint density at radius 2 is 1.68 bits per heavy atom. The van der Waals surface area contributed by atoms with Gasteiger partial charge in [0, 0.05) is 17.3 Å². The molecule has 0 aliphatic carbocycles. The number of carboxylic acid groups (broad SMARTS) is 1. The average molecular weight is 299 g/mol. The predicted molar refractivity (Wildman–Crippen MR) is 83.6 cm³/mol. The van der Waals surface area contributed by atoms with E-state index in [4.69, 9.17) is 5.11 Å². The first-order valence-electron chi connectivity index (χ1n) is 6.86. The average Bonchev–Trinajstić information content (AvgIpc) is 2.47. The zero-order valence-corrected chi connectivity index (χ0v) is 12.3. The maximum atomic E-state index is 12.1. The lowest BCUT2D eigenvalue weighted by atomic mass is 10.0. The maximum Gasteiger partial charge on any atom is 0.339 e. The second-order valence-corrected chi connectivity index (χ2v) is 5.27. The number of aromatic hydroxyl groups is 1. The maximum absolute atomic E-state index is 12.1. The summed E-state index contributed by atoms with van der Waals surface area (Å²) in [6.45, 7) is 4.14. The van der Waals surface area contributed by atoms with Crippen LogP contribution in [0.3, 0.4) is 0 Å². The Kier molecular flexibility index (Phi) is 4.46. The molecule has 0 radical (unpaired) electrons. The molecule has 0 aliphatic rings. The van der Waals surface area contributed by atoms with Gasteiger partial charge in [0.05, 0.1) is 0 Å². The minimum atomic E-state index is -1.22. The molecule has 0 aliphatic heterocycles. The highest BCUT2D eigenvalue weighted by Gasteiger charge is 2.12. The van der Waals surface area contributed by atoms with Gasteiger partial charge < -0.3 is 15.5 Å². The molecule has 2 rings (SSSR count). The fourth-order valence-corrected chi connectivity index (χ4v) is 2.01. The Morgan fingerprint density at radius 1 is 1.05 bits per heavy atom. The summed E-state index contributed by atoms with van der Waals surface area (Å²) in [5, 5.41) is 21.1. The van der Waals surface area contributed by atoms with Crippen LogP contribution in [-0.2, 0) is 0 Å². The Balaban J connectivity index is 2.15. The van der Waals surface area contributed by atoms with E-state index < -0.39 is 5.97 Å². The summed E-state index contributed by atoms with van der Waals surface area (Å²) in [5.74, 6) is -1.55. The summed E-state index contributed by atoms with van der Waals surface area (Å²) in [6, 6.07) is 11.1. The van der Waals surface area contributed by atoms with Crippen molar-refractivity contribution in [2.75, 3.05) is 5.32 Å². The van der Waals surface area contributed by atoms with Crippen molar-refractivity contribution in [1.29, 1.82) is 0 Å². The van der Waals surface area contributed by atoms with Gasteiger partial charge in [-0.25, -0.2) is 4.79 Å². The molecule has 5 nitrogen and oxygen atoms in total. The zero-order valence-electron chi connectivity index (χ0n) is 12.3. The smallest absolute Gasteiger partial charge is 0.339 e. The van der Waals surface area contributed by atoms with Gasteiger partial charge >= 0.3 is 5.97 Å². The molecule has 3 N–H and O–H groups in total. The minimum Gasteiger partial charge on any atom is -0.507 e. The summed E-state index contributed by atoms with van der Waals surface area (Å²) in [6.07, 6.45) is 0. The number of benzene rings is 2. The molecule has 22 heavy (non-hydrogen) atoms. The molecule has 2 aromatic carbocycles. The second kappa shape index (κ2) is 6.30. The molecule has 0 bridgehead atoms. The SMILES string of the molecule is CC(C)c1ccc(C(=O)Nc2ccc(C(=O)O)c(O)c2)cc1. The van der Waals surface area contributed by atoms with Crippen LogP contribution in [-0.4, -0.2) is 22.1 Å². The highest BCUT2D eigenvalue weighted by Crippen LogP contribution is 2.22. The molecular formula is C17H17NO4. The summed E-state index contributed by atoms with van der Waals surface area (Å²) in [5.41, 5.74) is 1.76. The zero-order chi connectivity index (χ0) is 16.3. The van der Waals surface area contributed by atoms with Crippen LogP contribution in [0.4, 0.5) is 5.69 Å². The quantitative estimate of drug-likeness (QED) is 0.806. The molecule has 0 aromatic heterocycles. The largest absolute Gasteiger partial charge is 0.507 e. The van der Waals surface area contributed by atoms with Crippen LogP contribution in [0.15, 0.2) is 42.5 Å². The van der Waals surface area contributed by atoms with Crippen molar-refractivity contribution in [2.45, 2.75) is 19.8 Å². The van der Waals surface area contributed by atoms with E-state index in [-0.39, 0.29) is 17.2 Å². The fraction of sp³-hybridized carbons (Fsp3) is 0.176. The molecule has 0 atom stereocenters. The van der Waals surface area contributed by atoms with Crippen molar-refractivity contribution in [3.63, 3.8) is 0 Å². The number of nitrogens with one attached hydrogen (secondary N) is 1. The number of anilines is 1. The number of carbonyl (C=O) groups is 2. The molecular weight excluding hydrogens is 282 g/mol. The predicted octanol–water partition coefficient (Wildman–Crippen LogP) is 3.47. The van der Waals surface area contributed by atoms with Gasteiger partial charge in [-0.05, 0) is 35.7 Å². The molecule has 0 saturated heterocycles. The molecule has 0 unspecified atom stereocenters. The van der Waals surface area contributed by atoms with Crippen molar-refractivity contribution in [3.8, 4) is 5.75 Å². The Labute approximate surface area is 128 Å². The lowest BCUT2D eigenvalue weighted by Crippen LogP contribution is -2.12. The van der Waals surface area contributed by atoms with Gasteiger partial charge in [0.15, 0.2) is 0 Å². The number of hydrogen-bond donors (Lipinski definition) is 3. The van der Waals surface area contributed by atoms with E-state index in [9.17, 15) is 14.7 Å².